The van der Waals surface area contributed by atoms with Crippen molar-refractivity contribution in [2.45, 2.75) is 54.4 Å². The summed E-state index contributed by atoms with van der Waals surface area (Å²) in [7, 11) is 0. The Hall–Kier alpha value is -1.10. The molecular weight excluding hydrogens is 290 g/mol. The highest BCUT2D eigenvalue weighted by atomic mass is 16.2. The van der Waals surface area contributed by atoms with Crippen LogP contribution in [-0.2, 0) is 9.59 Å². The summed E-state index contributed by atoms with van der Waals surface area (Å²) in [5.74, 6) is 0.382. The molecule has 0 spiro atoms. The molecule has 0 aliphatic carbocycles. The summed E-state index contributed by atoms with van der Waals surface area (Å²) < 4.78 is 0. The molecule has 5 heteroatoms. The first-order valence-corrected chi connectivity index (χ1v) is 8.73. The average molecular weight is 325 g/mol. The van der Waals surface area contributed by atoms with Crippen LogP contribution in [0, 0.1) is 10.8 Å². The van der Waals surface area contributed by atoms with E-state index < -0.39 is 0 Å². The number of piperazine rings is 1. The minimum atomic E-state index is 0.0309. The molecule has 1 heterocycles. The summed E-state index contributed by atoms with van der Waals surface area (Å²) >= 11 is 0. The fourth-order valence-electron chi connectivity index (χ4n) is 2.68. The van der Waals surface area contributed by atoms with Crippen molar-refractivity contribution < 1.29 is 9.59 Å². The number of carbonyl (C=O) groups is 2. The topological polar surface area (TPSA) is 52.7 Å². The standard InChI is InChI=1S/C18H35N3O2/c1-17(2,3)13-15(22)19-7-8-20-9-11-21(12-10-20)16(23)14-18(4,5)6/h7-14H2,1-6H3,(H,19,22). The van der Waals surface area contributed by atoms with E-state index in [4.69, 9.17) is 0 Å². The van der Waals surface area contributed by atoms with Crippen LogP contribution in [0.5, 0.6) is 0 Å². The molecule has 5 nitrogen and oxygen atoms in total. The van der Waals surface area contributed by atoms with Crippen LogP contribution in [0.15, 0.2) is 0 Å². The van der Waals surface area contributed by atoms with Gasteiger partial charge < -0.3 is 10.2 Å². The van der Waals surface area contributed by atoms with Gasteiger partial charge in [-0.25, -0.2) is 0 Å². The van der Waals surface area contributed by atoms with Gasteiger partial charge in [0.2, 0.25) is 11.8 Å². The Morgan fingerprint density at radius 1 is 0.870 bits per heavy atom. The van der Waals surface area contributed by atoms with Crippen molar-refractivity contribution in [1.29, 1.82) is 0 Å². The van der Waals surface area contributed by atoms with Gasteiger partial charge in [0.1, 0.15) is 0 Å². The summed E-state index contributed by atoms with van der Waals surface area (Å²) in [4.78, 5) is 28.3. The molecule has 134 valence electrons. The zero-order valence-electron chi connectivity index (χ0n) is 15.9. The van der Waals surface area contributed by atoms with E-state index in [0.717, 1.165) is 32.7 Å². The van der Waals surface area contributed by atoms with Crippen molar-refractivity contribution in [1.82, 2.24) is 15.1 Å². The lowest BCUT2D eigenvalue weighted by Gasteiger charge is -2.36. The maximum Gasteiger partial charge on any atom is 0.223 e. The number of nitrogens with one attached hydrogen (secondary N) is 1. The monoisotopic (exact) mass is 325 g/mol. The molecule has 1 aliphatic heterocycles. The van der Waals surface area contributed by atoms with Gasteiger partial charge in [0.05, 0.1) is 0 Å². The third-order valence-corrected chi connectivity index (χ3v) is 3.85. The summed E-state index contributed by atoms with van der Waals surface area (Å²) in [6.07, 6.45) is 1.16. The second-order valence-electron chi connectivity index (χ2n) is 9.05. The van der Waals surface area contributed by atoms with Crippen LogP contribution in [0.1, 0.15) is 54.4 Å². The van der Waals surface area contributed by atoms with Crippen LogP contribution in [-0.4, -0.2) is 60.9 Å². The van der Waals surface area contributed by atoms with Crippen molar-refractivity contribution in [2.24, 2.45) is 10.8 Å². The van der Waals surface area contributed by atoms with E-state index >= 15 is 0 Å². The molecular formula is C18H35N3O2. The van der Waals surface area contributed by atoms with Crippen molar-refractivity contribution in [3.63, 3.8) is 0 Å². The number of rotatable bonds is 5. The summed E-state index contributed by atoms with van der Waals surface area (Å²) in [5.41, 5.74) is 0.0781. The summed E-state index contributed by atoms with van der Waals surface area (Å²) in [6, 6.07) is 0. The molecule has 1 aliphatic rings. The molecule has 0 aromatic carbocycles. The van der Waals surface area contributed by atoms with Gasteiger partial charge in [-0.15, -0.1) is 0 Å². The Kier molecular flexibility index (Phi) is 7.05. The highest BCUT2D eigenvalue weighted by molar-refractivity contribution is 5.77. The van der Waals surface area contributed by atoms with Gasteiger partial charge in [0, 0.05) is 52.1 Å². The SMILES string of the molecule is CC(C)(C)CC(=O)NCCN1CCN(C(=O)CC(C)(C)C)CC1. The minimum Gasteiger partial charge on any atom is -0.355 e. The average Bonchev–Trinajstić information content (AvgIpc) is 2.35. The smallest absolute Gasteiger partial charge is 0.223 e. The first-order valence-electron chi connectivity index (χ1n) is 8.73. The first-order chi connectivity index (χ1) is 10.5. The van der Waals surface area contributed by atoms with Crippen molar-refractivity contribution >= 4 is 11.8 Å². The lowest BCUT2D eigenvalue weighted by Crippen LogP contribution is -2.50. The van der Waals surface area contributed by atoms with Gasteiger partial charge in [-0.2, -0.15) is 0 Å². The van der Waals surface area contributed by atoms with Crippen LogP contribution >= 0.6 is 0 Å². The Bertz CT molecular complexity index is 397. The van der Waals surface area contributed by atoms with E-state index in [-0.39, 0.29) is 22.6 Å². The molecule has 23 heavy (non-hydrogen) atoms. The van der Waals surface area contributed by atoms with Crippen LogP contribution < -0.4 is 5.32 Å². The highest BCUT2D eigenvalue weighted by Crippen LogP contribution is 2.20. The second-order valence-corrected chi connectivity index (χ2v) is 9.05. The Morgan fingerprint density at radius 3 is 1.87 bits per heavy atom. The van der Waals surface area contributed by atoms with Gasteiger partial charge in [0.15, 0.2) is 0 Å². The number of hydrogen-bond acceptors (Lipinski definition) is 3. The predicted molar refractivity (Wildman–Crippen MR) is 94.2 cm³/mol. The van der Waals surface area contributed by atoms with Gasteiger partial charge in [-0.05, 0) is 10.8 Å². The maximum absolute atomic E-state index is 12.2. The molecule has 1 fully saturated rings. The summed E-state index contributed by atoms with van der Waals surface area (Å²) in [5, 5.41) is 2.99. The quantitative estimate of drug-likeness (QED) is 0.842. The van der Waals surface area contributed by atoms with Crippen LogP contribution in [0.4, 0.5) is 0 Å². The third-order valence-electron chi connectivity index (χ3n) is 3.85. The van der Waals surface area contributed by atoms with Crippen molar-refractivity contribution in [3.8, 4) is 0 Å². The summed E-state index contributed by atoms with van der Waals surface area (Å²) in [6.45, 7) is 17.4. The van der Waals surface area contributed by atoms with Gasteiger partial charge in [-0.1, -0.05) is 41.5 Å². The fraction of sp³-hybridized carbons (Fsp3) is 0.889. The molecule has 0 aromatic heterocycles. The Balaban J connectivity index is 2.22. The van der Waals surface area contributed by atoms with E-state index in [9.17, 15) is 9.59 Å². The molecule has 1 N–H and O–H groups in total. The van der Waals surface area contributed by atoms with Gasteiger partial charge in [-0.3, -0.25) is 14.5 Å². The van der Waals surface area contributed by atoms with E-state index in [0.29, 0.717) is 19.4 Å². The predicted octanol–water partition coefficient (Wildman–Crippen LogP) is 2.12. The van der Waals surface area contributed by atoms with Crippen LogP contribution in [0.2, 0.25) is 0 Å². The van der Waals surface area contributed by atoms with E-state index in [1.165, 1.54) is 0 Å². The molecule has 2 amide bonds. The van der Waals surface area contributed by atoms with Gasteiger partial charge >= 0.3 is 0 Å². The normalized spacial score (nSPS) is 17.2. The molecule has 0 bridgehead atoms. The highest BCUT2D eigenvalue weighted by Gasteiger charge is 2.24. The lowest BCUT2D eigenvalue weighted by molar-refractivity contribution is -0.134. The van der Waals surface area contributed by atoms with Crippen molar-refractivity contribution in [3.05, 3.63) is 0 Å². The molecule has 1 rings (SSSR count). The number of amides is 2. The molecule has 0 saturated carbocycles. The number of carbonyl (C=O) groups excluding carboxylic acids is 2. The van der Waals surface area contributed by atoms with Crippen LogP contribution in [0.25, 0.3) is 0 Å². The largest absolute Gasteiger partial charge is 0.355 e. The number of nitrogens with zero attached hydrogens (tertiary/aromatic N) is 2. The lowest BCUT2D eigenvalue weighted by atomic mass is 9.91. The Morgan fingerprint density at radius 2 is 1.39 bits per heavy atom. The minimum absolute atomic E-state index is 0.0309. The zero-order chi connectivity index (χ0) is 17.7. The number of hydrogen-bond donors (Lipinski definition) is 1. The molecule has 0 aromatic rings. The second kappa shape index (κ2) is 8.13. The van der Waals surface area contributed by atoms with E-state index in [1.54, 1.807) is 0 Å². The van der Waals surface area contributed by atoms with E-state index in [2.05, 4.69) is 51.8 Å². The van der Waals surface area contributed by atoms with Crippen molar-refractivity contribution in [2.75, 3.05) is 39.3 Å². The van der Waals surface area contributed by atoms with E-state index in [1.807, 2.05) is 4.90 Å². The molecule has 0 radical (unpaired) electrons. The van der Waals surface area contributed by atoms with Crippen LogP contribution in [0.3, 0.4) is 0 Å². The molecule has 1 saturated heterocycles. The zero-order valence-corrected chi connectivity index (χ0v) is 15.9. The fourth-order valence-corrected chi connectivity index (χ4v) is 2.68. The first kappa shape index (κ1) is 19.9. The Labute approximate surface area is 141 Å². The molecule has 0 unspecified atom stereocenters. The molecule has 0 atom stereocenters. The van der Waals surface area contributed by atoms with Gasteiger partial charge in [0.25, 0.3) is 0 Å². The third kappa shape index (κ3) is 8.94. The maximum atomic E-state index is 12.2.